The summed E-state index contributed by atoms with van der Waals surface area (Å²) in [4.78, 5) is 1.82. The van der Waals surface area contributed by atoms with Crippen molar-refractivity contribution >= 4 is 5.82 Å². The minimum absolute atomic E-state index is 0.101. The summed E-state index contributed by atoms with van der Waals surface area (Å²) in [5, 5.41) is 40.2. The molecule has 1 unspecified atom stereocenters. The van der Waals surface area contributed by atoms with Gasteiger partial charge in [-0.3, -0.25) is 5.32 Å². The van der Waals surface area contributed by atoms with Crippen LogP contribution in [0.3, 0.4) is 0 Å². The first kappa shape index (κ1) is 20.1. The molecule has 0 saturated carbocycles. The second-order valence-electron chi connectivity index (χ2n) is 7.36. The molecule has 1 aliphatic heterocycles. The summed E-state index contributed by atoms with van der Waals surface area (Å²) in [6.45, 7) is 4.72. The first-order chi connectivity index (χ1) is 13.4. The number of aliphatic hydroxyl groups excluding tert-OH is 2. The lowest BCUT2D eigenvalue weighted by molar-refractivity contribution is 0.0857. The lowest BCUT2D eigenvalue weighted by atomic mass is 10.00. The Morgan fingerprint density at radius 3 is 2.68 bits per heavy atom. The lowest BCUT2D eigenvalue weighted by Gasteiger charge is -2.21. The molecule has 1 aromatic carbocycles. The van der Waals surface area contributed by atoms with Gasteiger partial charge in [0.25, 0.3) is 0 Å². The van der Waals surface area contributed by atoms with Crippen molar-refractivity contribution < 1.29 is 14.6 Å². The Hall–Kier alpha value is -2.60. The Balaban J connectivity index is 1.59. The maximum atomic E-state index is 14.3. The van der Waals surface area contributed by atoms with Crippen molar-refractivity contribution in [2.45, 2.75) is 44.6 Å². The fourth-order valence-electron chi connectivity index (χ4n) is 3.29. The fourth-order valence-corrected chi connectivity index (χ4v) is 3.29. The molecule has 3 rings (SSSR count). The maximum absolute atomic E-state index is 14.3. The summed E-state index contributed by atoms with van der Waals surface area (Å²) >= 11 is 0. The first-order valence-electron chi connectivity index (χ1n) is 9.26. The standard InChI is InChI=1S/C20H24FN5O2/c1-12(2)13-3-4-14(16(21)7-13)8-20(28)23-17-10-26(11-18(17)27)19-6-5-15(9-22)24-25-19/h3-7,12,17-18,20,23,27-28H,8,10-11H2,1-2H3/t17-,18-,20?/m1/s1. The van der Waals surface area contributed by atoms with Gasteiger partial charge in [0.05, 0.1) is 12.1 Å². The summed E-state index contributed by atoms with van der Waals surface area (Å²) in [5.41, 5.74) is 1.56. The molecule has 1 aliphatic rings. The van der Waals surface area contributed by atoms with Crippen LogP contribution < -0.4 is 10.2 Å². The third kappa shape index (κ3) is 4.62. The van der Waals surface area contributed by atoms with Crippen molar-refractivity contribution in [1.82, 2.24) is 15.5 Å². The van der Waals surface area contributed by atoms with Gasteiger partial charge in [-0.1, -0.05) is 26.0 Å². The third-order valence-electron chi connectivity index (χ3n) is 4.94. The predicted molar refractivity (Wildman–Crippen MR) is 102 cm³/mol. The Morgan fingerprint density at radius 2 is 2.07 bits per heavy atom. The summed E-state index contributed by atoms with van der Waals surface area (Å²) in [6.07, 6.45) is -1.62. The number of anilines is 1. The highest BCUT2D eigenvalue weighted by Gasteiger charge is 2.33. The Labute approximate surface area is 163 Å². The summed E-state index contributed by atoms with van der Waals surface area (Å²) in [5.74, 6) is 0.442. The van der Waals surface area contributed by atoms with Crippen molar-refractivity contribution in [3.8, 4) is 6.07 Å². The van der Waals surface area contributed by atoms with Gasteiger partial charge in [-0.05, 0) is 35.2 Å². The zero-order chi connectivity index (χ0) is 20.3. The zero-order valence-electron chi connectivity index (χ0n) is 15.9. The summed E-state index contributed by atoms with van der Waals surface area (Å²) < 4.78 is 14.3. The largest absolute Gasteiger partial charge is 0.390 e. The molecule has 0 amide bonds. The van der Waals surface area contributed by atoms with Crippen molar-refractivity contribution in [2.24, 2.45) is 0 Å². The van der Waals surface area contributed by atoms with Gasteiger partial charge in [0.2, 0.25) is 0 Å². The van der Waals surface area contributed by atoms with Crippen molar-refractivity contribution in [3.63, 3.8) is 0 Å². The molecule has 0 aliphatic carbocycles. The van der Waals surface area contributed by atoms with E-state index in [0.29, 0.717) is 24.5 Å². The second-order valence-corrected chi connectivity index (χ2v) is 7.36. The number of nitrogens with one attached hydrogen (secondary N) is 1. The first-order valence-corrected chi connectivity index (χ1v) is 9.26. The number of aromatic nitrogens is 2. The lowest BCUT2D eigenvalue weighted by Crippen LogP contribution is -2.46. The second kappa shape index (κ2) is 8.61. The van der Waals surface area contributed by atoms with Crippen molar-refractivity contribution in [2.75, 3.05) is 18.0 Å². The van der Waals surface area contributed by atoms with Gasteiger partial charge in [-0.25, -0.2) is 4.39 Å². The molecule has 1 saturated heterocycles. The van der Waals surface area contributed by atoms with Crippen molar-refractivity contribution in [1.29, 1.82) is 5.26 Å². The zero-order valence-corrected chi connectivity index (χ0v) is 15.9. The highest BCUT2D eigenvalue weighted by atomic mass is 19.1. The molecule has 0 spiro atoms. The van der Waals surface area contributed by atoms with Gasteiger partial charge in [-0.15, -0.1) is 10.2 Å². The molecule has 1 aromatic heterocycles. The van der Waals surface area contributed by atoms with Gasteiger partial charge < -0.3 is 15.1 Å². The van der Waals surface area contributed by atoms with E-state index in [2.05, 4.69) is 15.5 Å². The van der Waals surface area contributed by atoms with Crippen LogP contribution in [0.25, 0.3) is 0 Å². The molecule has 2 aromatic rings. The van der Waals surface area contributed by atoms with E-state index in [4.69, 9.17) is 5.26 Å². The minimum Gasteiger partial charge on any atom is -0.390 e. The molecule has 8 heteroatoms. The molecule has 148 valence electrons. The molecular weight excluding hydrogens is 361 g/mol. The van der Waals surface area contributed by atoms with Gasteiger partial charge in [-0.2, -0.15) is 5.26 Å². The number of nitrogens with zero attached hydrogens (tertiary/aromatic N) is 4. The van der Waals surface area contributed by atoms with Gasteiger partial charge in [0.1, 0.15) is 18.1 Å². The molecule has 3 N–H and O–H groups in total. The van der Waals surface area contributed by atoms with Crippen LogP contribution in [0, 0.1) is 17.1 Å². The van der Waals surface area contributed by atoms with Crippen LogP contribution in [0.2, 0.25) is 0 Å². The van der Waals surface area contributed by atoms with Crippen LogP contribution in [0.1, 0.15) is 36.6 Å². The predicted octanol–water partition coefficient (Wildman–Crippen LogP) is 1.31. The van der Waals surface area contributed by atoms with Gasteiger partial charge in [0, 0.05) is 19.5 Å². The van der Waals surface area contributed by atoms with E-state index in [9.17, 15) is 14.6 Å². The Bertz CT molecular complexity index is 853. The molecule has 1 fully saturated rings. The molecule has 7 nitrogen and oxygen atoms in total. The number of nitriles is 1. The van der Waals surface area contributed by atoms with Crippen LogP contribution in [-0.2, 0) is 6.42 Å². The van der Waals surface area contributed by atoms with E-state index < -0.39 is 18.4 Å². The Morgan fingerprint density at radius 1 is 1.29 bits per heavy atom. The SMILES string of the molecule is CC(C)c1ccc(CC(O)N[C@@H]2CN(c3ccc(C#N)nn3)C[C@H]2O)c(F)c1. The third-order valence-corrected chi connectivity index (χ3v) is 4.94. The van der Waals surface area contributed by atoms with E-state index in [1.165, 1.54) is 6.07 Å². The number of hydrogen-bond acceptors (Lipinski definition) is 7. The Kier molecular flexibility index (Phi) is 6.19. The number of benzene rings is 1. The molecular formula is C20H24FN5O2. The van der Waals surface area contributed by atoms with Crippen molar-refractivity contribution in [3.05, 3.63) is 53.0 Å². The molecule has 0 bridgehead atoms. The van der Waals surface area contributed by atoms with E-state index >= 15 is 0 Å². The van der Waals surface area contributed by atoms with Gasteiger partial charge >= 0.3 is 0 Å². The molecule has 28 heavy (non-hydrogen) atoms. The van der Waals surface area contributed by atoms with Crippen LogP contribution in [-0.4, -0.2) is 51.9 Å². The summed E-state index contributed by atoms with van der Waals surface area (Å²) in [6, 6.07) is 9.81. The number of rotatable bonds is 6. The molecule has 0 radical (unpaired) electrons. The minimum atomic E-state index is -0.994. The van der Waals surface area contributed by atoms with Gasteiger partial charge in [0.15, 0.2) is 11.5 Å². The van der Waals surface area contributed by atoms with E-state index in [-0.39, 0.29) is 23.8 Å². The number of halogens is 1. The van der Waals surface area contributed by atoms with Crippen LogP contribution >= 0.6 is 0 Å². The highest BCUT2D eigenvalue weighted by molar-refractivity contribution is 5.41. The van der Waals surface area contributed by atoms with E-state index in [1.54, 1.807) is 18.2 Å². The van der Waals surface area contributed by atoms with E-state index in [1.807, 2.05) is 30.9 Å². The average molecular weight is 385 g/mol. The fraction of sp³-hybridized carbons (Fsp3) is 0.450. The average Bonchev–Trinajstić information content (AvgIpc) is 3.03. The number of β-amino-alcohol motifs (C(OH)–C–C–N with tert-alkyl or cyclic N) is 1. The topological polar surface area (TPSA) is 105 Å². The number of hydrogen-bond donors (Lipinski definition) is 3. The smallest absolute Gasteiger partial charge is 0.163 e. The van der Waals surface area contributed by atoms with Crippen LogP contribution in [0.5, 0.6) is 0 Å². The summed E-state index contributed by atoms with van der Waals surface area (Å²) in [7, 11) is 0. The van der Waals surface area contributed by atoms with Crippen LogP contribution in [0.4, 0.5) is 10.2 Å². The van der Waals surface area contributed by atoms with Crippen LogP contribution in [0.15, 0.2) is 30.3 Å². The quantitative estimate of drug-likeness (QED) is 0.644. The highest BCUT2D eigenvalue weighted by Crippen LogP contribution is 2.21. The number of aliphatic hydroxyl groups is 2. The van der Waals surface area contributed by atoms with E-state index in [0.717, 1.165) is 5.56 Å². The maximum Gasteiger partial charge on any atom is 0.163 e. The normalized spacial score (nSPS) is 20.4. The molecule has 2 heterocycles. The monoisotopic (exact) mass is 385 g/mol. The molecule has 3 atom stereocenters.